The van der Waals surface area contributed by atoms with E-state index < -0.39 is 0 Å². The normalized spacial score (nSPS) is 11.1. The fraction of sp³-hybridized carbons (Fsp3) is 0.0476. The fourth-order valence-electron chi connectivity index (χ4n) is 2.36. The molecule has 0 bridgehead atoms. The van der Waals surface area contributed by atoms with Gasteiger partial charge in [-0.25, -0.2) is 9.98 Å². The highest BCUT2D eigenvalue weighted by Gasteiger charge is 2.19. The predicted molar refractivity (Wildman–Crippen MR) is 97.5 cm³/mol. The van der Waals surface area contributed by atoms with E-state index in [9.17, 15) is 9.59 Å². The minimum atomic E-state index is -0.268. The number of nitrogens with zero attached hydrogens (tertiary/aromatic N) is 2. The van der Waals surface area contributed by atoms with Gasteiger partial charge in [-0.15, -0.1) is 0 Å². The highest BCUT2D eigenvalue weighted by molar-refractivity contribution is 6.49. The molecule has 0 aliphatic heterocycles. The molecule has 122 valence electrons. The molecule has 1 aromatic heterocycles. The largest absolute Gasteiger partial charge is 0.294 e. The number of hydrogen-bond acceptors (Lipinski definition) is 4. The third kappa shape index (κ3) is 4.32. The van der Waals surface area contributed by atoms with Gasteiger partial charge in [0.05, 0.1) is 12.1 Å². The summed E-state index contributed by atoms with van der Waals surface area (Å²) in [6.07, 6.45) is 1.52. The smallest absolute Gasteiger partial charge is 0.207 e. The number of pyridine rings is 1. The van der Waals surface area contributed by atoms with E-state index in [1.54, 1.807) is 72.9 Å². The molecular weight excluding hydrogens is 312 g/mol. The quantitative estimate of drug-likeness (QED) is 0.500. The molecule has 3 rings (SSSR count). The number of hydrogen-bond donors (Lipinski definition) is 0. The Labute approximate surface area is 145 Å². The maximum atomic E-state index is 12.8. The molecule has 4 nitrogen and oxygen atoms in total. The van der Waals surface area contributed by atoms with Crippen LogP contribution < -0.4 is 0 Å². The van der Waals surface area contributed by atoms with Gasteiger partial charge < -0.3 is 0 Å². The lowest BCUT2D eigenvalue weighted by Gasteiger charge is -2.06. The van der Waals surface area contributed by atoms with E-state index in [0.717, 1.165) is 0 Å². The molecule has 0 amide bonds. The highest BCUT2D eigenvalue weighted by atomic mass is 16.1. The molecule has 3 aromatic rings. The number of ketones is 2. The van der Waals surface area contributed by atoms with Gasteiger partial charge in [-0.05, 0) is 12.1 Å². The average Bonchev–Trinajstić information content (AvgIpc) is 2.69. The first-order chi connectivity index (χ1) is 12.2. The molecule has 4 heteroatoms. The van der Waals surface area contributed by atoms with Gasteiger partial charge in [0.25, 0.3) is 0 Å². The topological polar surface area (TPSA) is 59.4 Å². The van der Waals surface area contributed by atoms with Crippen molar-refractivity contribution < 1.29 is 9.59 Å². The Balaban J connectivity index is 1.93. The lowest BCUT2D eigenvalue weighted by Crippen LogP contribution is -2.18. The van der Waals surface area contributed by atoms with Crippen molar-refractivity contribution >= 4 is 23.1 Å². The zero-order valence-corrected chi connectivity index (χ0v) is 13.5. The Hall–Kier alpha value is -3.40. The highest BCUT2D eigenvalue weighted by Crippen LogP contribution is 2.13. The molecule has 0 radical (unpaired) electrons. The van der Waals surface area contributed by atoms with E-state index in [4.69, 9.17) is 0 Å². The summed E-state index contributed by atoms with van der Waals surface area (Å²) < 4.78 is 0. The Bertz CT molecular complexity index is 889. The number of aromatic nitrogens is 1. The van der Waals surface area contributed by atoms with Crippen LogP contribution in [0.15, 0.2) is 90.1 Å². The van der Waals surface area contributed by atoms with Gasteiger partial charge in [-0.3, -0.25) is 9.59 Å². The molecule has 0 unspecified atom stereocenters. The monoisotopic (exact) mass is 328 g/mol. The van der Waals surface area contributed by atoms with E-state index in [-0.39, 0.29) is 23.7 Å². The van der Waals surface area contributed by atoms with Crippen LogP contribution in [0.25, 0.3) is 0 Å². The first kappa shape index (κ1) is 16.5. The van der Waals surface area contributed by atoms with Crippen LogP contribution in [0, 0.1) is 0 Å². The van der Waals surface area contributed by atoms with E-state index in [1.165, 1.54) is 0 Å². The zero-order valence-electron chi connectivity index (χ0n) is 13.5. The molecule has 0 aliphatic carbocycles. The molecular formula is C21H16N2O2. The van der Waals surface area contributed by atoms with Crippen LogP contribution in [0.5, 0.6) is 0 Å². The summed E-state index contributed by atoms with van der Waals surface area (Å²) in [4.78, 5) is 33.8. The first-order valence-corrected chi connectivity index (χ1v) is 7.90. The summed E-state index contributed by atoms with van der Waals surface area (Å²) in [5.41, 5.74) is 1.23. The van der Waals surface area contributed by atoms with Crippen molar-refractivity contribution in [2.75, 3.05) is 0 Å². The van der Waals surface area contributed by atoms with Crippen molar-refractivity contribution in [3.8, 4) is 0 Å². The van der Waals surface area contributed by atoms with Gasteiger partial charge in [0.15, 0.2) is 11.6 Å². The number of rotatable bonds is 6. The number of benzene rings is 2. The van der Waals surface area contributed by atoms with E-state index in [1.807, 2.05) is 12.1 Å². The molecule has 0 spiro atoms. The number of aliphatic imine (C=N–C) groups is 1. The second-order valence-corrected chi connectivity index (χ2v) is 5.41. The van der Waals surface area contributed by atoms with Gasteiger partial charge in [0.1, 0.15) is 0 Å². The number of carbonyl (C=O) groups excluding carboxylic acids is 2. The molecule has 2 aromatic carbocycles. The summed E-state index contributed by atoms with van der Waals surface area (Å²) >= 11 is 0. The van der Waals surface area contributed by atoms with Crippen LogP contribution in [-0.4, -0.2) is 22.3 Å². The van der Waals surface area contributed by atoms with Gasteiger partial charge in [-0.2, -0.15) is 0 Å². The fourth-order valence-corrected chi connectivity index (χ4v) is 2.36. The Morgan fingerprint density at radius 1 is 0.760 bits per heavy atom. The van der Waals surface area contributed by atoms with Crippen molar-refractivity contribution in [2.45, 2.75) is 6.42 Å². The minimum absolute atomic E-state index is 0.0751. The predicted octanol–water partition coefficient (Wildman–Crippen LogP) is 4.31. The van der Waals surface area contributed by atoms with Crippen molar-refractivity contribution in [1.82, 2.24) is 4.98 Å². The van der Waals surface area contributed by atoms with Crippen LogP contribution in [0.2, 0.25) is 0 Å². The van der Waals surface area contributed by atoms with Crippen molar-refractivity contribution in [3.63, 3.8) is 0 Å². The molecule has 0 fully saturated rings. The van der Waals surface area contributed by atoms with Gasteiger partial charge >= 0.3 is 0 Å². The summed E-state index contributed by atoms with van der Waals surface area (Å²) in [6, 6.07) is 23.0. The number of Topliss-reactive ketones (excluding diaryl/α,β-unsaturated/α-hetero) is 2. The van der Waals surface area contributed by atoms with Gasteiger partial charge in [0, 0.05) is 17.3 Å². The van der Waals surface area contributed by atoms with Crippen molar-refractivity contribution in [2.24, 2.45) is 4.99 Å². The van der Waals surface area contributed by atoms with Crippen LogP contribution in [0.3, 0.4) is 0 Å². The van der Waals surface area contributed by atoms with Crippen molar-refractivity contribution in [1.29, 1.82) is 0 Å². The molecule has 0 saturated heterocycles. The lowest BCUT2D eigenvalue weighted by atomic mass is 9.99. The third-order valence-corrected chi connectivity index (χ3v) is 3.62. The first-order valence-electron chi connectivity index (χ1n) is 7.90. The van der Waals surface area contributed by atoms with E-state index in [0.29, 0.717) is 16.9 Å². The van der Waals surface area contributed by atoms with Gasteiger partial charge in [0.2, 0.25) is 5.78 Å². The lowest BCUT2D eigenvalue weighted by molar-refractivity contribution is 0.0985. The third-order valence-electron chi connectivity index (χ3n) is 3.62. The molecule has 25 heavy (non-hydrogen) atoms. The standard InChI is InChI=1S/C21H16N2O2/c24-19(16-9-3-1-4-10-16)15-18(23-20-13-7-8-14-22-20)21(25)17-11-5-2-6-12-17/h1-14H,15H2. The summed E-state index contributed by atoms with van der Waals surface area (Å²) in [6.45, 7) is 0. The van der Waals surface area contributed by atoms with Crippen LogP contribution in [-0.2, 0) is 0 Å². The minimum Gasteiger partial charge on any atom is -0.294 e. The Kier molecular flexibility index (Phi) is 5.22. The molecule has 0 atom stereocenters. The van der Waals surface area contributed by atoms with Crippen LogP contribution in [0.1, 0.15) is 27.1 Å². The Morgan fingerprint density at radius 3 is 1.96 bits per heavy atom. The van der Waals surface area contributed by atoms with Crippen molar-refractivity contribution in [3.05, 3.63) is 96.2 Å². The van der Waals surface area contributed by atoms with Gasteiger partial charge in [-0.1, -0.05) is 66.7 Å². The summed E-state index contributed by atoms with van der Waals surface area (Å²) in [5, 5.41) is 0. The molecule has 0 N–H and O–H groups in total. The van der Waals surface area contributed by atoms with Crippen LogP contribution in [0.4, 0.5) is 5.82 Å². The zero-order chi connectivity index (χ0) is 17.5. The Morgan fingerprint density at radius 2 is 1.36 bits per heavy atom. The maximum Gasteiger partial charge on any atom is 0.207 e. The second-order valence-electron chi connectivity index (χ2n) is 5.41. The SMILES string of the molecule is O=C(CC(=Nc1ccccn1)C(=O)c1ccccc1)c1ccccc1. The molecule has 1 heterocycles. The van der Waals surface area contributed by atoms with Crippen LogP contribution >= 0.6 is 0 Å². The second kappa shape index (κ2) is 7.93. The molecule has 0 aliphatic rings. The van der Waals surface area contributed by atoms with E-state index >= 15 is 0 Å². The van der Waals surface area contributed by atoms with E-state index in [2.05, 4.69) is 9.98 Å². The maximum absolute atomic E-state index is 12.8. The summed E-state index contributed by atoms with van der Waals surface area (Å²) in [7, 11) is 0. The summed E-state index contributed by atoms with van der Waals surface area (Å²) in [5.74, 6) is -0.0160. The number of carbonyl (C=O) groups is 2. The molecule has 0 saturated carbocycles. The average molecular weight is 328 g/mol.